The minimum Gasteiger partial charge on any atom is -0.387 e. The summed E-state index contributed by atoms with van der Waals surface area (Å²) in [6.45, 7) is 2.68. The number of likely N-dealkylation sites (tertiary alicyclic amines) is 1. The van der Waals surface area contributed by atoms with Crippen molar-refractivity contribution in [1.29, 1.82) is 0 Å². The van der Waals surface area contributed by atoms with Gasteiger partial charge in [-0.15, -0.1) is 6.42 Å². The average molecular weight is 414 g/mol. The summed E-state index contributed by atoms with van der Waals surface area (Å²) < 4.78 is 0. The second kappa shape index (κ2) is 10.4. The van der Waals surface area contributed by atoms with Gasteiger partial charge >= 0.3 is 0 Å². The van der Waals surface area contributed by atoms with Crippen LogP contribution < -0.4 is 10.6 Å². The molecule has 1 aromatic heterocycles. The van der Waals surface area contributed by atoms with Crippen LogP contribution in [0.2, 0.25) is 0 Å². The SMILES string of the molecule is C#CC(=O)C[C@@H]1CCCC[C@H]1Nc1nc(N[C@H]2CCCN(C(=O)CO)C2)ncc1C. The second-order valence-electron chi connectivity index (χ2n) is 8.27. The lowest BCUT2D eigenvalue weighted by atomic mass is 9.81. The molecule has 1 aliphatic carbocycles. The molecule has 2 heterocycles. The number of terminal acetylenes is 1. The van der Waals surface area contributed by atoms with Crippen LogP contribution in [-0.2, 0) is 9.59 Å². The molecule has 1 saturated carbocycles. The van der Waals surface area contributed by atoms with Crippen LogP contribution >= 0.6 is 0 Å². The molecule has 8 heteroatoms. The quantitative estimate of drug-likeness (QED) is 0.462. The van der Waals surface area contributed by atoms with E-state index >= 15 is 0 Å². The van der Waals surface area contributed by atoms with E-state index < -0.39 is 6.61 Å². The number of piperidine rings is 1. The summed E-state index contributed by atoms with van der Waals surface area (Å²) in [5, 5.41) is 16.0. The number of aryl methyl sites for hydroxylation is 1. The van der Waals surface area contributed by atoms with Gasteiger partial charge in [-0.3, -0.25) is 9.59 Å². The Morgan fingerprint density at radius 2 is 2.07 bits per heavy atom. The third-order valence-corrected chi connectivity index (χ3v) is 6.05. The standard InChI is InChI=1S/C22H31N5O3/c1-3-18(29)11-16-7-4-5-9-19(16)25-21-15(2)12-23-22(26-21)24-17-8-6-10-27(13-17)20(30)14-28/h1,12,16-17,19,28H,4-11,13-14H2,2H3,(H2,23,24,25,26)/t16-,17-,19+/m0/s1. The van der Waals surface area contributed by atoms with Crippen LogP contribution in [-0.4, -0.2) is 63.4 Å². The summed E-state index contributed by atoms with van der Waals surface area (Å²) in [6, 6.07) is 0.199. The first kappa shape index (κ1) is 22.0. The van der Waals surface area contributed by atoms with E-state index in [1.54, 1.807) is 11.1 Å². The van der Waals surface area contributed by atoms with E-state index in [0.717, 1.165) is 49.9 Å². The van der Waals surface area contributed by atoms with E-state index in [2.05, 4.69) is 26.5 Å². The fourth-order valence-corrected chi connectivity index (χ4v) is 4.38. The number of aliphatic hydroxyl groups excluding tert-OH is 1. The van der Waals surface area contributed by atoms with E-state index in [4.69, 9.17) is 11.5 Å². The molecule has 30 heavy (non-hydrogen) atoms. The molecule has 0 aromatic carbocycles. The highest BCUT2D eigenvalue weighted by Crippen LogP contribution is 2.30. The Morgan fingerprint density at radius 1 is 1.27 bits per heavy atom. The van der Waals surface area contributed by atoms with Crippen molar-refractivity contribution in [2.24, 2.45) is 5.92 Å². The smallest absolute Gasteiger partial charge is 0.248 e. The predicted molar refractivity (Wildman–Crippen MR) is 115 cm³/mol. The molecule has 0 bridgehead atoms. The van der Waals surface area contributed by atoms with E-state index in [9.17, 15) is 9.59 Å². The lowest BCUT2D eigenvalue weighted by Gasteiger charge is -2.33. The first-order valence-electron chi connectivity index (χ1n) is 10.7. The summed E-state index contributed by atoms with van der Waals surface area (Å²) in [6.07, 6.45) is 13.4. The molecule has 3 rings (SSSR count). The molecular weight excluding hydrogens is 382 g/mol. The molecule has 8 nitrogen and oxygen atoms in total. The van der Waals surface area contributed by atoms with Gasteiger partial charge in [0.25, 0.3) is 0 Å². The van der Waals surface area contributed by atoms with Crippen LogP contribution in [0, 0.1) is 25.2 Å². The highest BCUT2D eigenvalue weighted by molar-refractivity contribution is 5.95. The van der Waals surface area contributed by atoms with Crippen molar-refractivity contribution in [2.45, 2.75) is 64.0 Å². The number of nitrogens with zero attached hydrogens (tertiary/aromatic N) is 3. The lowest BCUT2D eigenvalue weighted by molar-refractivity contribution is -0.135. The summed E-state index contributed by atoms with van der Waals surface area (Å²) in [4.78, 5) is 34.3. The number of aliphatic hydroxyl groups is 1. The largest absolute Gasteiger partial charge is 0.387 e. The zero-order valence-corrected chi connectivity index (χ0v) is 17.6. The van der Waals surface area contributed by atoms with Crippen LogP contribution in [0.1, 0.15) is 50.5 Å². The normalized spacial score (nSPS) is 24.0. The zero-order valence-electron chi connectivity index (χ0n) is 17.6. The van der Waals surface area contributed by atoms with Crippen molar-refractivity contribution in [3.8, 4) is 12.3 Å². The Kier molecular flexibility index (Phi) is 7.63. The van der Waals surface area contributed by atoms with Crippen LogP contribution in [0.15, 0.2) is 6.20 Å². The number of hydrogen-bond donors (Lipinski definition) is 3. The molecule has 2 fully saturated rings. The van der Waals surface area contributed by atoms with E-state index in [-0.39, 0.29) is 29.7 Å². The van der Waals surface area contributed by atoms with Gasteiger partial charge in [0.15, 0.2) is 0 Å². The maximum atomic E-state index is 11.8. The van der Waals surface area contributed by atoms with Gasteiger partial charge < -0.3 is 20.6 Å². The summed E-state index contributed by atoms with van der Waals surface area (Å²) in [7, 11) is 0. The molecule has 1 aromatic rings. The summed E-state index contributed by atoms with van der Waals surface area (Å²) >= 11 is 0. The molecule has 0 radical (unpaired) electrons. The number of carbonyl (C=O) groups is 2. The van der Waals surface area contributed by atoms with Crippen LogP contribution in [0.5, 0.6) is 0 Å². The minimum atomic E-state index is -0.466. The number of nitrogens with one attached hydrogen (secondary N) is 2. The fraction of sp³-hybridized carbons (Fsp3) is 0.636. The number of aromatic nitrogens is 2. The maximum Gasteiger partial charge on any atom is 0.248 e. The lowest BCUT2D eigenvalue weighted by Crippen LogP contribution is -2.46. The molecule has 1 aliphatic heterocycles. The number of rotatable bonds is 7. The van der Waals surface area contributed by atoms with E-state index in [0.29, 0.717) is 25.5 Å². The van der Waals surface area contributed by atoms with Crippen molar-refractivity contribution in [1.82, 2.24) is 14.9 Å². The Bertz CT molecular complexity index is 806. The van der Waals surface area contributed by atoms with Gasteiger partial charge in [-0.2, -0.15) is 4.98 Å². The van der Waals surface area contributed by atoms with Gasteiger partial charge in [0.1, 0.15) is 12.4 Å². The maximum absolute atomic E-state index is 11.8. The molecule has 0 unspecified atom stereocenters. The van der Waals surface area contributed by atoms with Gasteiger partial charge in [0, 0.05) is 43.4 Å². The van der Waals surface area contributed by atoms with E-state index in [1.807, 2.05) is 6.92 Å². The molecule has 162 valence electrons. The molecule has 2 aliphatic rings. The summed E-state index contributed by atoms with van der Waals surface area (Å²) in [5.41, 5.74) is 0.939. The molecule has 3 N–H and O–H groups in total. The van der Waals surface area contributed by atoms with Gasteiger partial charge in [-0.05, 0) is 44.4 Å². The van der Waals surface area contributed by atoms with Crippen molar-refractivity contribution in [3.63, 3.8) is 0 Å². The molecule has 1 saturated heterocycles. The van der Waals surface area contributed by atoms with Gasteiger partial charge in [-0.25, -0.2) is 4.98 Å². The third-order valence-electron chi connectivity index (χ3n) is 6.05. The minimum absolute atomic E-state index is 0.0421. The Balaban J connectivity index is 1.66. The third kappa shape index (κ3) is 5.70. The molecule has 3 atom stereocenters. The monoisotopic (exact) mass is 413 g/mol. The van der Waals surface area contributed by atoms with Crippen molar-refractivity contribution in [3.05, 3.63) is 11.8 Å². The average Bonchev–Trinajstić information content (AvgIpc) is 2.76. The Labute approximate surface area is 177 Å². The zero-order chi connectivity index (χ0) is 21.5. The first-order chi connectivity index (χ1) is 14.5. The van der Waals surface area contributed by atoms with Gasteiger partial charge in [0.2, 0.25) is 17.6 Å². The topological polar surface area (TPSA) is 107 Å². The van der Waals surface area contributed by atoms with Gasteiger partial charge in [0.05, 0.1) is 0 Å². The highest BCUT2D eigenvalue weighted by atomic mass is 16.3. The molecule has 1 amide bonds. The predicted octanol–water partition coefficient (Wildman–Crippen LogP) is 1.74. The molecule has 0 spiro atoms. The fourth-order valence-electron chi connectivity index (χ4n) is 4.38. The first-order valence-corrected chi connectivity index (χ1v) is 10.7. The number of anilines is 2. The van der Waals surface area contributed by atoms with Gasteiger partial charge in [-0.1, -0.05) is 12.8 Å². The number of ketones is 1. The van der Waals surface area contributed by atoms with Crippen molar-refractivity contribution < 1.29 is 14.7 Å². The van der Waals surface area contributed by atoms with Crippen molar-refractivity contribution in [2.75, 3.05) is 30.3 Å². The Morgan fingerprint density at radius 3 is 2.83 bits per heavy atom. The second-order valence-corrected chi connectivity index (χ2v) is 8.27. The van der Waals surface area contributed by atoms with Crippen molar-refractivity contribution >= 4 is 23.5 Å². The number of amides is 1. The van der Waals surface area contributed by atoms with E-state index in [1.165, 1.54) is 0 Å². The number of Topliss-reactive ketones (excluding diaryl/α,β-unsaturated/α-hetero) is 1. The summed E-state index contributed by atoms with van der Waals surface area (Å²) in [5.74, 6) is 3.32. The number of hydrogen-bond acceptors (Lipinski definition) is 7. The van der Waals surface area contributed by atoms with Crippen LogP contribution in [0.4, 0.5) is 11.8 Å². The number of carbonyl (C=O) groups excluding carboxylic acids is 2. The van der Waals surface area contributed by atoms with Crippen LogP contribution in [0.25, 0.3) is 0 Å². The molecular formula is C22H31N5O3. The highest BCUT2D eigenvalue weighted by Gasteiger charge is 2.28. The van der Waals surface area contributed by atoms with Crippen LogP contribution in [0.3, 0.4) is 0 Å². The Hall–Kier alpha value is -2.66.